The number of allylic oxidation sites excluding steroid dienone is 1. The summed E-state index contributed by atoms with van der Waals surface area (Å²) in [4.78, 5) is 12.6. The van der Waals surface area contributed by atoms with Crippen LogP contribution in [0.4, 0.5) is 5.69 Å². The fraction of sp³-hybridized carbons (Fsp3) is 0.526. The number of hydrogen-bond donors (Lipinski definition) is 1. The van der Waals surface area contributed by atoms with Gasteiger partial charge in [-0.05, 0) is 63.6 Å². The number of rotatable bonds is 7. The number of carbonyl (C=O) groups excluding carboxylic acids is 1. The Kier molecular flexibility index (Phi) is 7.12. The number of hydrogen-bond acceptors (Lipinski definition) is 3. The van der Waals surface area contributed by atoms with Gasteiger partial charge < -0.3 is 5.32 Å². The van der Waals surface area contributed by atoms with E-state index in [2.05, 4.69) is 11.4 Å². The molecule has 0 heterocycles. The zero-order valence-corrected chi connectivity index (χ0v) is 17.2. The normalized spacial score (nSPS) is 15.9. The summed E-state index contributed by atoms with van der Waals surface area (Å²) in [5.41, 5.74) is 2.54. The molecular formula is C19H27ClN2O3S. The van der Waals surface area contributed by atoms with Crippen LogP contribution in [0.25, 0.3) is 0 Å². The smallest absolute Gasteiger partial charge is 0.243 e. The molecule has 144 valence electrons. The predicted octanol–water partition coefficient (Wildman–Crippen LogP) is 3.81. The van der Waals surface area contributed by atoms with Crippen LogP contribution in [0.1, 0.15) is 44.6 Å². The van der Waals surface area contributed by atoms with Crippen LogP contribution in [-0.2, 0) is 14.8 Å². The van der Waals surface area contributed by atoms with Crippen LogP contribution in [0.5, 0.6) is 0 Å². The molecule has 0 radical (unpaired) electrons. The van der Waals surface area contributed by atoms with Crippen molar-refractivity contribution in [3.63, 3.8) is 0 Å². The summed E-state index contributed by atoms with van der Waals surface area (Å²) < 4.78 is 25.9. The number of amides is 1. The molecule has 0 aromatic heterocycles. The molecule has 1 aliphatic carbocycles. The van der Waals surface area contributed by atoms with Crippen LogP contribution in [0.2, 0.25) is 5.02 Å². The van der Waals surface area contributed by atoms with Crippen LogP contribution >= 0.6 is 11.6 Å². The Hall–Kier alpha value is -1.53. The molecule has 1 aromatic rings. The SMILES string of the molecule is Cc1ccc(Cl)cc1N([C@@H](C)C(=O)NCCC1=CCCCC1)S(C)(=O)=O. The minimum absolute atomic E-state index is 0.314. The van der Waals surface area contributed by atoms with Crippen LogP contribution in [0, 0.1) is 6.92 Å². The fourth-order valence-electron chi connectivity index (χ4n) is 3.23. The number of halogens is 1. The Labute approximate surface area is 161 Å². The molecule has 1 atom stereocenters. The third kappa shape index (κ3) is 5.48. The molecule has 1 aliphatic rings. The molecule has 0 saturated heterocycles. The Bertz CT molecular complexity index is 790. The van der Waals surface area contributed by atoms with Crippen LogP contribution in [0.3, 0.4) is 0 Å². The van der Waals surface area contributed by atoms with E-state index in [0.717, 1.165) is 35.4 Å². The van der Waals surface area contributed by atoms with Crippen LogP contribution in [0.15, 0.2) is 29.8 Å². The predicted molar refractivity (Wildman–Crippen MR) is 107 cm³/mol. The first-order valence-electron chi connectivity index (χ1n) is 8.91. The summed E-state index contributed by atoms with van der Waals surface area (Å²) in [6.07, 6.45) is 8.79. The van der Waals surface area contributed by atoms with Gasteiger partial charge in [-0.2, -0.15) is 0 Å². The van der Waals surface area contributed by atoms with Gasteiger partial charge in [0.2, 0.25) is 15.9 Å². The lowest BCUT2D eigenvalue weighted by molar-refractivity contribution is -0.121. The Morgan fingerprint density at radius 3 is 2.69 bits per heavy atom. The number of carbonyl (C=O) groups is 1. The first kappa shape index (κ1) is 20.8. The van der Waals surface area contributed by atoms with Gasteiger partial charge in [0.25, 0.3) is 0 Å². The third-order valence-electron chi connectivity index (χ3n) is 4.63. The standard InChI is InChI=1S/C19H27ClN2O3S/c1-14-9-10-17(20)13-18(14)22(26(3,24)25)15(2)19(23)21-12-11-16-7-5-4-6-8-16/h7,9-10,13,15H,4-6,8,11-12H2,1-3H3,(H,21,23)/t15-/m0/s1. The van der Waals surface area contributed by atoms with Gasteiger partial charge in [0, 0.05) is 11.6 Å². The van der Waals surface area contributed by atoms with E-state index in [1.54, 1.807) is 32.0 Å². The van der Waals surface area contributed by atoms with Gasteiger partial charge in [-0.3, -0.25) is 9.10 Å². The molecule has 2 rings (SSSR count). The molecule has 1 amide bonds. The largest absolute Gasteiger partial charge is 0.354 e. The average Bonchev–Trinajstić information content (AvgIpc) is 2.57. The topological polar surface area (TPSA) is 66.5 Å². The molecular weight excluding hydrogens is 372 g/mol. The lowest BCUT2D eigenvalue weighted by atomic mass is 9.97. The van der Waals surface area contributed by atoms with E-state index in [1.165, 1.54) is 18.4 Å². The summed E-state index contributed by atoms with van der Waals surface area (Å²) in [7, 11) is -3.64. The van der Waals surface area contributed by atoms with E-state index in [-0.39, 0.29) is 5.91 Å². The third-order valence-corrected chi connectivity index (χ3v) is 6.09. The van der Waals surface area contributed by atoms with Crippen molar-refractivity contribution < 1.29 is 13.2 Å². The highest BCUT2D eigenvalue weighted by Crippen LogP contribution is 2.28. The second kappa shape index (κ2) is 8.91. The van der Waals surface area contributed by atoms with E-state index in [1.807, 2.05) is 0 Å². The van der Waals surface area contributed by atoms with Gasteiger partial charge in [0.05, 0.1) is 11.9 Å². The highest BCUT2D eigenvalue weighted by atomic mass is 35.5. The maximum atomic E-state index is 12.6. The van der Waals surface area contributed by atoms with Crippen molar-refractivity contribution in [2.75, 3.05) is 17.1 Å². The van der Waals surface area contributed by atoms with Crippen LogP contribution in [-0.4, -0.2) is 33.2 Å². The number of nitrogens with one attached hydrogen (secondary N) is 1. The number of sulfonamides is 1. The Balaban J connectivity index is 2.11. The minimum atomic E-state index is -3.64. The molecule has 0 saturated carbocycles. The monoisotopic (exact) mass is 398 g/mol. The van der Waals surface area contributed by atoms with Gasteiger partial charge in [-0.15, -0.1) is 0 Å². The quantitative estimate of drug-likeness (QED) is 0.710. The zero-order valence-electron chi connectivity index (χ0n) is 15.6. The molecule has 26 heavy (non-hydrogen) atoms. The van der Waals surface area contributed by atoms with Gasteiger partial charge in [-0.1, -0.05) is 29.3 Å². The second-order valence-corrected chi connectivity index (χ2v) is 9.11. The number of aryl methyl sites for hydroxylation is 1. The highest BCUT2D eigenvalue weighted by molar-refractivity contribution is 7.92. The Morgan fingerprint density at radius 1 is 1.35 bits per heavy atom. The minimum Gasteiger partial charge on any atom is -0.354 e. The van der Waals surface area contributed by atoms with Crippen molar-refractivity contribution in [3.8, 4) is 0 Å². The maximum Gasteiger partial charge on any atom is 0.243 e. The summed E-state index contributed by atoms with van der Waals surface area (Å²) >= 11 is 6.04. The zero-order chi connectivity index (χ0) is 19.3. The van der Waals surface area contributed by atoms with Crippen molar-refractivity contribution in [3.05, 3.63) is 40.4 Å². The lowest BCUT2D eigenvalue weighted by Gasteiger charge is -2.29. The molecule has 0 bridgehead atoms. The highest BCUT2D eigenvalue weighted by Gasteiger charge is 2.30. The van der Waals surface area contributed by atoms with E-state index in [0.29, 0.717) is 17.3 Å². The molecule has 7 heteroatoms. The molecule has 1 N–H and O–H groups in total. The van der Waals surface area contributed by atoms with Crippen molar-refractivity contribution in [1.82, 2.24) is 5.32 Å². The van der Waals surface area contributed by atoms with E-state index >= 15 is 0 Å². The van der Waals surface area contributed by atoms with Crippen molar-refractivity contribution in [1.29, 1.82) is 0 Å². The molecule has 0 spiro atoms. The van der Waals surface area contributed by atoms with E-state index in [4.69, 9.17) is 11.6 Å². The second-order valence-electron chi connectivity index (χ2n) is 6.81. The van der Waals surface area contributed by atoms with Gasteiger partial charge in [0.1, 0.15) is 6.04 Å². The summed E-state index contributed by atoms with van der Waals surface area (Å²) in [6.45, 7) is 3.90. The van der Waals surface area contributed by atoms with Gasteiger partial charge >= 0.3 is 0 Å². The molecule has 1 aromatic carbocycles. The number of benzene rings is 1. The maximum absolute atomic E-state index is 12.6. The summed E-state index contributed by atoms with van der Waals surface area (Å²) in [5, 5.41) is 3.29. The molecule has 5 nitrogen and oxygen atoms in total. The van der Waals surface area contributed by atoms with Gasteiger partial charge in [0.15, 0.2) is 0 Å². The summed E-state index contributed by atoms with van der Waals surface area (Å²) in [6, 6.07) is 4.16. The lowest BCUT2D eigenvalue weighted by Crippen LogP contribution is -2.48. The van der Waals surface area contributed by atoms with E-state index < -0.39 is 16.1 Å². The fourth-order valence-corrected chi connectivity index (χ4v) is 4.62. The van der Waals surface area contributed by atoms with Gasteiger partial charge in [-0.25, -0.2) is 8.42 Å². The van der Waals surface area contributed by atoms with E-state index in [9.17, 15) is 13.2 Å². The van der Waals surface area contributed by atoms with Crippen molar-refractivity contribution in [2.45, 2.75) is 52.0 Å². The van der Waals surface area contributed by atoms with Crippen LogP contribution < -0.4 is 9.62 Å². The Morgan fingerprint density at radius 2 is 2.08 bits per heavy atom. The molecule has 0 fully saturated rings. The molecule has 0 unspecified atom stereocenters. The first-order chi connectivity index (χ1) is 12.2. The molecule has 0 aliphatic heterocycles. The first-order valence-corrected chi connectivity index (χ1v) is 11.1. The summed E-state index contributed by atoms with van der Waals surface area (Å²) in [5.74, 6) is -0.314. The van der Waals surface area contributed by atoms with Crippen molar-refractivity contribution in [2.24, 2.45) is 0 Å². The van der Waals surface area contributed by atoms with Crippen molar-refractivity contribution >= 4 is 33.2 Å². The number of nitrogens with zero attached hydrogens (tertiary/aromatic N) is 1. The average molecular weight is 399 g/mol. The number of anilines is 1.